The minimum Gasteiger partial charge on any atom is -0.387 e. The van der Waals surface area contributed by atoms with Crippen LogP contribution in [-0.4, -0.2) is 27.7 Å². The average molecular weight is 339 g/mol. The lowest BCUT2D eigenvalue weighted by Gasteiger charge is -2.13. The van der Waals surface area contributed by atoms with Gasteiger partial charge in [-0.2, -0.15) is 4.98 Å². The molecule has 1 aromatic heterocycles. The van der Waals surface area contributed by atoms with Crippen LogP contribution in [0.5, 0.6) is 0 Å². The molecule has 1 atom stereocenters. The van der Waals surface area contributed by atoms with E-state index in [4.69, 9.17) is 4.52 Å². The van der Waals surface area contributed by atoms with Crippen molar-refractivity contribution in [2.75, 3.05) is 6.54 Å². The third-order valence-electron chi connectivity index (χ3n) is 4.01. The Labute approximate surface area is 145 Å². The van der Waals surface area contributed by atoms with Gasteiger partial charge < -0.3 is 14.9 Å². The molecule has 2 aromatic carbocycles. The molecule has 0 saturated heterocycles. The Balaban J connectivity index is 1.45. The van der Waals surface area contributed by atoms with E-state index in [2.05, 4.69) is 15.5 Å². The molecule has 0 saturated carbocycles. The van der Waals surface area contributed by atoms with E-state index in [0.717, 1.165) is 16.3 Å². The van der Waals surface area contributed by atoms with Gasteiger partial charge in [-0.05, 0) is 35.7 Å². The Bertz CT molecular complexity index is 860. The number of fused-ring (bicyclic) bond motifs is 1. The van der Waals surface area contributed by atoms with Crippen LogP contribution in [0.4, 0.5) is 0 Å². The maximum Gasteiger partial charge on any atom is 0.226 e. The maximum absolute atomic E-state index is 11.9. The first-order valence-corrected chi connectivity index (χ1v) is 8.34. The molecule has 1 amide bonds. The van der Waals surface area contributed by atoms with Gasteiger partial charge in [0.15, 0.2) is 5.82 Å². The fourth-order valence-electron chi connectivity index (χ4n) is 2.67. The van der Waals surface area contributed by atoms with Gasteiger partial charge in [0.25, 0.3) is 0 Å². The Hall–Kier alpha value is -2.73. The third-order valence-corrected chi connectivity index (χ3v) is 4.01. The standard InChI is InChI=1S/C19H21N3O3/c1-13-21-19(25-22-13)8-4-7-18(24)20-12-17(23)16-10-9-14-5-2-3-6-15(14)11-16/h2-3,5-6,9-11,17,23H,4,7-8,12H2,1H3,(H,20,24). The summed E-state index contributed by atoms with van der Waals surface area (Å²) in [4.78, 5) is 16.0. The van der Waals surface area contributed by atoms with Gasteiger partial charge >= 0.3 is 0 Å². The number of hydrogen-bond acceptors (Lipinski definition) is 5. The van der Waals surface area contributed by atoms with Crippen LogP contribution >= 0.6 is 0 Å². The van der Waals surface area contributed by atoms with Gasteiger partial charge in [0.1, 0.15) is 0 Å². The molecule has 0 aliphatic heterocycles. The molecule has 130 valence electrons. The van der Waals surface area contributed by atoms with Crippen LogP contribution in [0.15, 0.2) is 47.0 Å². The van der Waals surface area contributed by atoms with Gasteiger partial charge in [-0.25, -0.2) is 0 Å². The molecule has 1 heterocycles. The van der Waals surface area contributed by atoms with Crippen molar-refractivity contribution in [3.05, 3.63) is 59.7 Å². The van der Waals surface area contributed by atoms with E-state index >= 15 is 0 Å². The fourth-order valence-corrected chi connectivity index (χ4v) is 2.67. The van der Waals surface area contributed by atoms with Crippen molar-refractivity contribution in [3.8, 4) is 0 Å². The topological polar surface area (TPSA) is 88.2 Å². The number of rotatable bonds is 7. The average Bonchev–Trinajstić information content (AvgIpc) is 3.04. The molecule has 0 fully saturated rings. The summed E-state index contributed by atoms with van der Waals surface area (Å²) in [5.74, 6) is 1.04. The zero-order valence-electron chi connectivity index (χ0n) is 14.1. The number of aryl methyl sites for hydroxylation is 2. The summed E-state index contributed by atoms with van der Waals surface area (Å²) in [5.41, 5.74) is 0.792. The quantitative estimate of drug-likeness (QED) is 0.691. The SMILES string of the molecule is Cc1noc(CCCC(=O)NCC(O)c2ccc3ccccc3c2)n1. The molecule has 0 spiro atoms. The molecule has 2 N–H and O–H groups in total. The van der Waals surface area contributed by atoms with Gasteiger partial charge in [0, 0.05) is 19.4 Å². The van der Waals surface area contributed by atoms with Crippen LogP contribution in [0.3, 0.4) is 0 Å². The lowest BCUT2D eigenvalue weighted by molar-refractivity contribution is -0.121. The molecule has 0 radical (unpaired) electrons. The van der Waals surface area contributed by atoms with Crippen LogP contribution in [0.1, 0.15) is 36.2 Å². The van der Waals surface area contributed by atoms with Crippen molar-refractivity contribution in [3.63, 3.8) is 0 Å². The van der Waals surface area contributed by atoms with E-state index < -0.39 is 6.10 Å². The van der Waals surface area contributed by atoms with Crippen molar-refractivity contribution < 1.29 is 14.4 Å². The van der Waals surface area contributed by atoms with Gasteiger partial charge in [-0.15, -0.1) is 0 Å². The number of hydrogen-bond donors (Lipinski definition) is 2. The zero-order chi connectivity index (χ0) is 17.6. The summed E-state index contributed by atoms with van der Waals surface area (Å²) in [6.45, 7) is 1.95. The number of aliphatic hydroxyl groups excluding tert-OH is 1. The van der Waals surface area contributed by atoms with E-state index in [1.54, 1.807) is 6.92 Å². The monoisotopic (exact) mass is 339 g/mol. The Morgan fingerprint density at radius 2 is 2.04 bits per heavy atom. The highest BCUT2D eigenvalue weighted by Gasteiger charge is 2.11. The summed E-state index contributed by atoms with van der Waals surface area (Å²) >= 11 is 0. The second kappa shape index (κ2) is 7.90. The smallest absolute Gasteiger partial charge is 0.226 e. The van der Waals surface area contributed by atoms with Crippen molar-refractivity contribution in [2.45, 2.75) is 32.3 Å². The number of carbonyl (C=O) groups excluding carboxylic acids is 1. The number of nitrogens with zero attached hydrogens (tertiary/aromatic N) is 2. The lowest BCUT2D eigenvalue weighted by atomic mass is 10.0. The molecular formula is C19H21N3O3. The van der Waals surface area contributed by atoms with Crippen molar-refractivity contribution in [1.82, 2.24) is 15.5 Å². The number of benzene rings is 2. The zero-order valence-corrected chi connectivity index (χ0v) is 14.1. The molecule has 0 aliphatic carbocycles. The minimum absolute atomic E-state index is 0.101. The molecule has 1 unspecified atom stereocenters. The number of carbonyl (C=O) groups is 1. The van der Waals surface area contributed by atoms with Crippen LogP contribution in [0, 0.1) is 6.92 Å². The fraction of sp³-hybridized carbons (Fsp3) is 0.316. The Morgan fingerprint density at radius 1 is 1.24 bits per heavy atom. The molecule has 3 aromatic rings. The lowest BCUT2D eigenvalue weighted by Crippen LogP contribution is -2.28. The van der Waals surface area contributed by atoms with E-state index in [0.29, 0.717) is 31.0 Å². The van der Waals surface area contributed by atoms with Crippen molar-refractivity contribution in [2.24, 2.45) is 0 Å². The second-order valence-electron chi connectivity index (χ2n) is 6.02. The molecule has 3 rings (SSSR count). The van der Waals surface area contributed by atoms with E-state index in [-0.39, 0.29) is 12.5 Å². The second-order valence-corrected chi connectivity index (χ2v) is 6.02. The number of aromatic nitrogens is 2. The molecule has 0 bridgehead atoms. The summed E-state index contributed by atoms with van der Waals surface area (Å²) in [5, 5.41) is 19.0. The first-order chi connectivity index (χ1) is 12.1. The number of amides is 1. The van der Waals surface area contributed by atoms with Gasteiger partial charge in [0.2, 0.25) is 11.8 Å². The van der Waals surface area contributed by atoms with Crippen LogP contribution in [-0.2, 0) is 11.2 Å². The predicted molar refractivity (Wildman–Crippen MR) is 93.9 cm³/mol. The molecule has 0 aliphatic rings. The summed E-state index contributed by atoms with van der Waals surface area (Å²) in [6, 6.07) is 13.8. The van der Waals surface area contributed by atoms with Crippen molar-refractivity contribution >= 4 is 16.7 Å². The molecule has 6 nitrogen and oxygen atoms in total. The highest BCUT2D eigenvalue weighted by molar-refractivity contribution is 5.83. The van der Waals surface area contributed by atoms with Gasteiger partial charge in [0.05, 0.1) is 6.10 Å². The molecular weight excluding hydrogens is 318 g/mol. The maximum atomic E-state index is 11.9. The van der Waals surface area contributed by atoms with Crippen molar-refractivity contribution in [1.29, 1.82) is 0 Å². The van der Waals surface area contributed by atoms with Crippen LogP contribution in [0.2, 0.25) is 0 Å². The normalized spacial score (nSPS) is 12.2. The predicted octanol–water partition coefficient (Wildman–Crippen LogP) is 2.70. The highest BCUT2D eigenvalue weighted by atomic mass is 16.5. The molecule has 6 heteroatoms. The van der Waals surface area contributed by atoms with Gasteiger partial charge in [-0.3, -0.25) is 4.79 Å². The van der Waals surface area contributed by atoms with E-state index in [1.807, 2.05) is 42.5 Å². The first-order valence-electron chi connectivity index (χ1n) is 8.34. The largest absolute Gasteiger partial charge is 0.387 e. The highest BCUT2D eigenvalue weighted by Crippen LogP contribution is 2.20. The Morgan fingerprint density at radius 3 is 2.80 bits per heavy atom. The molecule has 25 heavy (non-hydrogen) atoms. The first kappa shape index (κ1) is 17.1. The summed E-state index contributed by atoms with van der Waals surface area (Å²) in [6.07, 6.45) is 0.819. The van der Waals surface area contributed by atoms with Gasteiger partial charge in [-0.1, -0.05) is 41.6 Å². The van der Waals surface area contributed by atoms with Crippen LogP contribution < -0.4 is 5.32 Å². The summed E-state index contributed by atoms with van der Waals surface area (Å²) in [7, 11) is 0. The number of nitrogens with one attached hydrogen (secondary N) is 1. The summed E-state index contributed by atoms with van der Waals surface area (Å²) < 4.78 is 5.00. The number of aliphatic hydroxyl groups is 1. The van der Waals surface area contributed by atoms with E-state index in [9.17, 15) is 9.90 Å². The van der Waals surface area contributed by atoms with Crippen LogP contribution in [0.25, 0.3) is 10.8 Å². The third kappa shape index (κ3) is 4.64. The minimum atomic E-state index is -0.729. The van der Waals surface area contributed by atoms with E-state index in [1.165, 1.54) is 0 Å². The Kier molecular flexibility index (Phi) is 5.40.